The van der Waals surface area contributed by atoms with Gasteiger partial charge in [0.2, 0.25) is 0 Å². The largest absolute Gasteiger partial charge is 0.493 e. The number of Topliss-reactive ketones (excluding diaryl/α,β-unsaturated/α-hetero) is 1. The number of pyridine rings is 1. The predicted molar refractivity (Wildman–Crippen MR) is 76.1 cm³/mol. The van der Waals surface area contributed by atoms with Gasteiger partial charge < -0.3 is 9.47 Å². The van der Waals surface area contributed by atoms with Crippen molar-refractivity contribution in [3.8, 4) is 11.5 Å². The molecule has 1 saturated carbocycles. The summed E-state index contributed by atoms with van der Waals surface area (Å²) >= 11 is 0. The van der Waals surface area contributed by atoms with Crippen molar-refractivity contribution >= 4 is 5.78 Å². The van der Waals surface area contributed by atoms with Crippen LogP contribution in [0.5, 0.6) is 11.5 Å². The van der Waals surface area contributed by atoms with E-state index < -0.39 is 0 Å². The fourth-order valence-electron chi connectivity index (χ4n) is 2.69. The number of carbonyl (C=O) groups is 1. The van der Waals surface area contributed by atoms with E-state index in [0.717, 1.165) is 18.5 Å². The maximum atomic E-state index is 11.3. The minimum absolute atomic E-state index is 0.381. The molecule has 5 heteroatoms. The van der Waals surface area contributed by atoms with Gasteiger partial charge in [0.1, 0.15) is 11.5 Å². The van der Waals surface area contributed by atoms with Gasteiger partial charge >= 0.3 is 0 Å². The summed E-state index contributed by atoms with van der Waals surface area (Å²) in [6.07, 6.45) is 4.98. The molecule has 1 aromatic rings. The number of nitrogens with zero attached hydrogens (tertiary/aromatic N) is 2. The van der Waals surface area contributed by atoms with Crippen molar-refractivity contribution in [2.75, 3.05) is 21.3 Å². The molecule has 2 rings (SSSR count). The van der Waals surface area contributed by atoms with Crippen molar-refractivity contribution < 1.29 is 14.3 Å². The molecule has 0 radical (unpaired) electrons. The molecular weight excluding hydrogens is 256 g/mol. The van der Waals surface area contributed by atoms with Gasteiger partial charge in [0, 0.05) is 37.7 Å². The van der Waals surface area contributed by atoms with E-state index in [1.807, 2.05) is 0 Å². The summed E-state index contributed by atoms with van der Waals surface area (Å²) in [7, 11) is 5.32. The highest BCUT2D eigenvalue weighted by Gasteiger charge is 2.23. The molecule has 0 unspecified atom stereocenters. The van der Waals surface area contributed by atoms with Crippen LogP contribution in [-0.4, -0.2) is 43.0 Å². The van der Waals surface area contributed by atoms with Crippen LogP contribution < -0.4 is 9.47 Å². The molecule has 110 valence electrons. The first-order chi connectivity index (χ1) is 9.65. The Morgan fingerprint density at radius 3 is 2.60 bits per heavy atom. The Morgan fingerprint density at radius 2 is 2.00 bits per heavy atom. The molecule has 0 aliphatic heterocycles. The minimum Gasteiger partial charge on any atom is -0.493 e. The molecule has 0 spiro atoms. The summed E-state index contributed by atoms with van der Waals surface area (Å²) in [5.74, 6) is 1.77. The maximum absolute atomic E-state index is 11.3. The number of methoxy groups -OCH3 is 2. The van der Waals surface area contributed by atoms with E-state index in [2.05, 4.69) is 16.9 Å². The van der Waals surface area contributed by atoms with Crippen molar-refractivity contribution in [2.24, 2.45) is 0 Å². The van der Waals surface area contributed by atoms with E-state index in [0.29, 0.717) is 42.7 Å². The summed E-state index contributed by atoms with van der Waals surface area (Å²) in [4.78, 5) is 17.9. The highest BCUT2D eigenvalue weighted by molar-refractivity contribution is 5.79. The first-order valence-corrected chi connectivity index (χ1v) is 6.93. The van der Waals surface area contributed by atoms with Crippen LogP contribution in [0.1, 0.15) is 31.4 Å². The highest BCUT2D eigenvalue weighted by Crippen LogP contribution is 2.30. The summed E-state index contributed by atoms with van der Waals surface area (Å²) in [5.41, 5.74) is 0.867. The molecule has 0 saturated heterocycles. The predicted octanol–water partition coefficient (Wildman–Crippen LogP) is 2.04. The van der Waals surface area contributed by atoms with Crippen molar-refractivity contribution in [2.45, 2.75) is 38.3 Å². The van der Waals surface area contributed by atoms with Gasteiger partial charge in [0.15, 0.2) is 11.5 Å². The normalized spacial score (nSPS) is 16.5. The molecule has 1 heterocycles. The molecule has 0 aromatic carbocycles. The summed E-state index contributed by atoms with van der Waals surface area (Å²) in [6.45, 7) is 0.694. The van der Waals surface area contributed by atoms with Gasteiger partial charge in [-0.3, -0.25) is 14.7 Å². The third-order valence-corrected chi connectivity index (χ3v) is 3.90. The molecular formula is C15H22N2O3. The van der Waals surface area contributed by atoms with Gasteiger partial charge in [-0.15, -0.1) is 0 Å². The first-order valence-electron chi connectivity index (χ1n) is 6.93. The summed E-state index contributed by atoms with van der Waals surface area (Å²) in [5, 5.41) is 0. The zero-order valence-corrected chi connectivity index (χ0v) is 12.4. The van der Waals surface area contributed by atoms with Crippen molar-refractivity contribution in [3.63, 3.8) is 0 Å². The van der Waals surface area contributed by atoms with E-state index in [1.54, 1.807) is 26.5 Å². The second kappa shape index (κ2) is 6.70. The molecule has 1 aliphatic rings. The quantitative estimate of drug-likeness (QED) is 0.825. The average Bonchev–Trinajstić information content (AvgIpc) is 2.47. The number of rotatable bonds is 5. The number of aromatic nitrogens is 1. The van der Waals surface area contributed by atoms with E-state index >= 15 is 0 Å². The topological polar surface area (TPSA) is 51.7 Å². The third kappa shape index (κ3) is 3.28. The number of hydrogen-bond donors (Lipinski definition) is 0. The lowest BCUT2D eigenvalue weighted by molar-refractivity contribution is -0.121. The standard InChI is InChI=1S/C15H22N2O3/c1-17(11-4-6-12(18)7-5-11)10-13-15(20-3)14(19-2)8-9-16-13/h8-9,11H,4-7,10H2,1-3H3. The summed E-state index contributed by atoms with van der Waals surface area (Å²) in [6, 6.07) is 2.23. The van der Waals surface area contributed by atoms with Crippen LogP contribution in [0, 0.1) is 0 Å². The number of carbonyl (C=O) groups excluding carboxylic acids is 1. The van der Waals surface area contributed by atoms with Gasteiger partial charge in [0.25, 0.3) is 0 Å². The van der Waals surface area contributed by atoms with Gasteiger partial charge in [-0.05, 0) is 19.9 Å². The number of hydrogen-bond acceptors (Lipinski definition) is 5. The van der Waals surface area contributed by atoms with E-state index in [4.69, 9.17) is 9.47 Å². The van der Waals surface area contributed by atoms with Crippen LogP contribution in [0.25, 0.3) is 0 Å². The van der Waals surface area contributed by atoms with Crippen molar-refractivity contribution in [3.05, 3.63) is 18.0 Å². The molecule has 1 aromatic heterocycles. The molecule has 0 amide bonds. The molecule has 1 aliphatic carbocycles. The van der Waals surface area contributed by atoms with E-state index in [1.165, 1.54) is 0 Å². The number of ether oxygens (including phenoxy) is 2. The smallest absolute Gasteiger partial charge is 0.183 e. The Bertz CT molecular complexity index is 466. The SMILES string of the molecule is COc1ccnc(CN(C)C2CCC(=O)CC2)c1OC. The fraction of sp³-hybridized carbons (Fsp3) is 0.600. The lowest BCUT2D eigenvalue weighted by Crippen LogP contribution is -2.35. The number of ketones is 1. The van der Waals surface area contributed by atoms with Crippen LogP contribution in [0.2, 0.25) is 0 Å². The zero-order valence-electron chi connectivity index (χ0n) is 12.4. The van der Waals surface area contributed by atoms with Gasteiger partial charge in [-0.2, -0.15) is 0 Å². The highest BCUT2D eigenvalue weighted by atomic mass is 16.5. The van der Waals surface area contributed by atoms with Crippen LogP contribution in [-0.2, 0) is 11.3 Å². The molecule has 0 bridgehead atoms. The second-order valence-electron chi connectivity index (χ2n) is 5.18. The van der Waals surface area contributed by atoms with Gasteiger partial charge in [-0.25, -0.2) is 0 Å². The maximum Gasteiger partial charge on any atom is 0.183 e. The van der Waals surface area contributed by atoms with Crippen molar-refractivity contribution in [1.29, 1.82) is 0 Å². The second-order valence-corrected chi connectivity index (χ2v) is 5.18. The molecule has 1 fully saturated rings. The fourth-order valence-corrected chi connectivity index (χ4v) is 2.69. The van der Waals surface area contributed by atoms with Gasteiger partial charge in [0.05, 0.1) is 14.2 Å². The average molecular weight is 278 g/mol. The van der Waals surface area contributed by atoms with Crippen molar-refractivity contribution in [1.82, 2.24) is 9.88 Å². The Hall–Kier alpha value is -1.62. The lowest BCUT2D eigenvalue weighted by atomic mass is 9.93. The monoisotopic (exact) mass is 278 g/mol. The lowest BCUT2D eigenvalue weighted by Gasteiger charge is -2.30. The molecule has 0 N–H and O–H groups in total. The first kappa shape index (κ1) is 14.8. The molecule has 0 atom stereocenters. The summed E-state index contributed by atoms with van der Waals surface area (Å²) < 4.78 is 10.7. The Morgan fingerprint density at radius 1 is 1.30 bits per heavy atom. The Balaban J connectivity index is 2.07. The zero-order chi connectivity index (χ0) is 14.5. The van der Waals surface area contributed by atoms with E-state index in [9.17, 15) is 4.79 Å². The van der Waals surface area contributed by atoms with Gasteiger partial charge in [-0.1, -0.05) is 0 Å². The van der Waals surface area contributed by atoms with Crippen LogP contribution in [0.3, 0.4) is 0 Å². The van der Waals surface area contributed by atoms with E-state index in [-0.39, 0.29) is 0 Å². The third-order valence-electron chi connectivity index (χ3n) is 3.90. The Kier molecular flexibility index (Phi) is 4.95. The Labute approximate surface area is 119 Å². The van der Waals surface area contributed by atoms with Crippen LogP contribution in [0.15, 0.2) is 12.3 Å². The minimum atomic E-state index is 0.381. The van der Waals surface area contributed by atoms with Crippen LogP contribution in [0.4, 0.5) is 0 Å². The van der Waals surface area contributed by atoms with Crippen LogP contribution >= 0.6 is 0 Å². The molecule has 20 heavy (non-hydrogen) atoms. The molecule has 5 nitrogen and oxygen atoms in total.